The SMILES string of the molecule is CC1CC(N(c2ccccc2)S(C)(=O)=O)c2ccccc2N1C(=O)c1ccccc1. The lowest BCUT2D eigenvalue weighted by Crippen LogP contribution is -2.47. The van der Waals surface area contributed by atoms with Gasteiger partial charge >= 0.3 is 0 Å². The fourth-order valence-electron chi connectivity index (χ4n) is 4.21. The van der Waals surface area contributed by atoms with Crippen molar-refractivity contribution in [2.45, 2.75) is 25.4 Å². The van der Waals surface area contributed by atoms with E-state index in [4.69, 9.17) is 0 Å². The minimum Gasteiger partial charge on any atom is -0.305 e. The highest BCUT2D eigenvalue weighted by atomic mass is 32.2. The highest BCUT2D eigenvalue weighted by molar-refractivity contribution is 7.92. The predicted molar refractivity (Wildman–Crippen MR) is 120 cm³/mol. The number of anilines is 2. The minimum atomic E-state index is -3.54. The average Bonchev–Trinajstić information content (AvgIpc) is 2.74. The van der Waals surface area contributed by atoms with Gasteiger partial charge in [0.2, 0.25) is 10.0 Å². The molecule has 0 radical (unpaired) electrons. The van der Waals surface area contributed by atoms with Crippen LogP contribution >= 0.6 is 0 Å². The maximum Gasteiger partial charge on any atom is 0.258 e. The molecule has 154 valence electrons. The molecule has 1 aliphatic heterocycles. The quantitative estimate of drug-likeness (QED) is 0.618. The number of carbonyl (C=O) groups excluding carboxylic acids is 1. The van der Waals surface area contributed by atoms with Crippen molar-refractivity contribution in [3.05, 3.63) is 96.1 Å². The van der Waals surface area contributed by atoms with Crippen LogP contribution in [0.4, 0.5) is 11.4 Å². The van der Waals surface area contributed by atoms with Gasteiger partial charge in [0.05, 0.1) is 18.0 Å². The Morgan fingerprint density at radius 2 is 1.47 bits per heavy atom. The Kier molecular flexibility index (Phi) is 5.35. The molecule has 0 saturated carbocycles. The number of hydrogen-bond donors (Lipinski definition) is 0. The number of carbonyl (C=O) groups is 1. The van der Waals surface area contributed by atoms with Gasteiger partial charge in [-0.25, -0.2) is 8.42 Å². The molecule has 30 heavy (non-hydrogen) atoms. The van der Waals surface area contributed by atoms with Crippen molar-refractivity contribution >= 4 is 27.3 Å². The Morgan fingerprint density at radius 3 is 2.10 bits per heavy atom. The molecule has 0 aliphatic carbocycles. The van der Waals surface area contributed by atoms with Gasteiger partial charge in [-0.2, -0.15) is 0 Å². The van der Waals surface area contributed by atoms with Crippen LogP contribution in [-0.2, 0) is 10.0 Å². The molecule has 0 spiro atoms. The summed E-state index contributed by atoms with van der Waals surface area (Å²) in [5, 5.41) is 0. The van der Waals surface area contributed by atoms with E-state index in [1.165, 1.54) is 10.6 Å². The highest BCUT2D eigenvalue weighted by Gasteiger charge is 2.39. The second-order valence-corrected chi connectivity index (χ2v) is 9.45. The number of benzene rings is 3. The molecule has 0 fully saturated rings. The molecule has 5 nitrogen and oxygen atoms in total. The van der Waals surface area contributed by atoms with Crippen molar-refractivity contribution in [2.24, 2.45) is 0 Å². The van der Waals surface area contributed by atoms with E-state index in [1.54, 1.807) is 29.2 Å². The van der Waals surface area contributed by atoms with Crippen molar-refractivity contribution < 1.29 is 13.2 Å². The molecule has 2 atom stereocenters. The van der Waals surface area contributed by atoms with E-state index in [-0.39, 0.29) is 11.9 Å². The van der Waals surface area contributed by atoms with Crippen molar-refractivity contribution in [1.82, 2.24) is 0 Å². The molecule has 1 amide bonds. The number of amides is 1. The average molecular weight is 421 g/mol. The van der Waals surface area contributed by atoms with Crippen LogP contribution in [0.15, 0.2) is 84.9 Å². The van der Waals surface area contributed by atoms with Gasteiger partial charge < -0.3 is 4.90 Å². The predicted octanol–water partition coefficient (Wildman–Crippen LogP) is 4.63. The molecule has 0 N–H and O–H groups in total. The first-order chi connectivity index (χ1) is 14.4. The summed E-state index contributed by atoms with van der Waals surface area (Å²) < 4.78 is 27.1. The second-order valence-electron chi connectivity index (χ2n) is 7.59. The Balaban J connectivity index is 1.83. The van der Waals surface area contributed by atoms with Crippen molar-refractivity contribution in [2.75, 3.05) is 15.5 Å². The molecule has 1 heterocycles. The largest absolute Gasteiger partial charge is 0.305 e. The molecule has 0 aromatic heterocycles. The van der Waals surface area contributed by atoms with E-state index in [2.05, 4.69) is 0 Å². The van der Waals surface area contributed by atoms with E-state index >= 15 is 0 Å². The van der Waals surface area contributed by atoms with E-state index in [9.17, 15) is 13.2 Å². The summed E-state index contributed by atoms with van der Waals surface area (Å²) in [5.74, 6) is -0.0837. The van der Waals surface area contributed by atoms with Crippen LogP contribution in [0, 0.1) is 0 Å². The molecule has 6 heteroatoms. The third-order valence-electron chi connectivity index (χ3n) is 5.45. The lowest BCUT2D eigenvalue weighted by atomic mass is 9.90. The summed E-state index contributed by atoms with van der Waals surface area (Å²) >= 11 is 0. The number of para-hydroxylation sites is 2. The first kappa shape index (κ1) is 20.2. The van der Waals surface area contributed by atoms with Gasteiger partial charge in [0.1, 0.15) is 0 Å². The number of nitrogens with zero attached hydrogens (tertiary/aromatic N) is 2. The van der Waals surface area contributed by atoms with Crippen molar-refractivity contribution in [3.63, 3.8) is 0 Å². The van der Waals surface area contributed by atoms with Crippen molar-refractivity contribution in [3.8, 4) is 0 Å². The van der Waals surface area contributed by atoms with E-state index in [0.717, 1.165) is 11.3 Å². The molecule has 0 bridgehead atoms. The third kappa shape index (κ3) is 3.71. The summed E-state index contributed by atoms with van der Waals surface area (Å²) in [5.41, 5.74) is 2.81. The molecule has 2 unspecified atom stereocenters. The first-order valence-corrected chi connectivity index (χ1v) is 11.7. The van der Waals surface area contributed by atoms with E-state index in [1.807, 2.05) is 67.6 Å². The summed E-state index contributed by atoms with van der Waals surface area (Å²) in [6, 6.07) is 25.3. The van der Waals surface area contributed by atoms with Gasteiger partial charge in [0.25, 0.3) is 5.91 Å². The zero-order chi connectivity index (χ0) is 21.3. The maximum atomic E-state index is 13.3. The standard InChI is InChI=1S/C24H24N2O3S/c1-18-17-23(26(30(2,28)29)20-13-7-4-8-14-20)21-15-9-10-16-22(21)25(18)24(27)19-11-5-3-6-12-19/h3-16,18,23H,17H2,1-2H3. The number of fused-ring (bicyclic) bond motifs is 1. The molecule has 3 aromatic rings. The fourth-order valence-corrected chi connectivity index (χ4v) is 5.38. The van der Waals surface area contributed by atoms with Crippen LogP contribution in [0.1, 0.15) is 35.3 Å². The summed E-state index contributed by atoms with van der Waals surface area (Å²) in [6.07, 6.45) is 1.73. The Morgan fingerprint density at radius 1 is 0.900 bits per heavy atom. The Bertz CT molecular complexity index is 1150. The molecule has 3 aromatic carbocycles. The van der Waals surface area contributed by atoms with Crippen LogP contribution in [0.2, 0.25) is 0 Å². The van der Waals surface area contributed by atoms with Gasteiger partial charge in [-0.15, -0.1) is 0 Å². The van der Waals surface area contributed by atoms with Crippen molar-refractivity contribution in [1.29, 1.82) is 0 Å². The summed E-state index contributed by atoms with van der Waals surface area (Å²) in [6.45, 7) is 1.97. The van der Waals surface area contributed by atoms with Crippen LogP contribution < -0.4 is 9.21 Å². The van der Waals surface area contributed by atoms with E-state index < -0.39 is 16.1 Å². The maximum absolute atomic E-state index is 13.3. The number of sulfonamides is 1. The van der Waals surface area contributed by atoms with Gasteiger partial charge in [-0.05, 0) is 49.2 Å². The number of rotatable bonds is 4. The monoisotopic (exact) mass is 420 g/mol. The Labute approximate surface area is 177 Å². The van der Waals surface area contributed by atoms with Gasteiger partial charge in [-0.3, -0.25) is 9.10 Å². The van der Waals surface area contributed by atoms with Gasteiger partial charge in [0.15, 0.2) is 0 Å². The topological polar surface area (TPSA) is 57.7 Å². The van der Waals surface area contributed by atoms with E-state index in [0.29, 0.717) is 17.7 Å². The number of hydrogen-bond acceptors (Lipinski definition) is 3. The van der Waals surface area contributed by atoms with Crippen LogP contribution in [-0.4, -0.2) is 26.6 Å². The summed E-state index contributed by atoms with van der Waals surface area (Å²) in [7, 11) is -3.54. The minimum absolute atomic E-state index is 0.0837. The zero-order valence-corrected chi connectivity index (χ0v) is 17.8. The third-order valence-corrected chi connectivity index (χ3v) is 6.63. The van der Waals surface area contributed by atoms with Gasteiger partial charge in [0, 0.05) is 17.3 Å². The molecule has 1 aliphatic rings. The first-order valence-electron chi connectivity index (χ1n) is 9.90. The van der Waals surface area contributed by atoms with Crippen LogP contribution in [0.5, 0.6) is 0 Å². The lowest BCUT2D eigenvalue weighted by Gasteiger charge is -2.43. The normalized spacial score (nSPS) is 18.5. The molecular formula is C24H24N2O3S. The smallest absolute Gasteiger partial charge is 0.258 e. The Hall–Kier alpha value is -3.12. The zero-order valence-electron chi connectivity index (χ0n) is 17.0. The fraction of sp³-hybridized carbons (Fsp3) is 0.208. The van der Waals surface area contributed by atoms with Gasteiger partial charge in [-0.1, -0.05) is 54.6 Å². The van der Waals surface area contributed by atoms with Crippen LogP contribution in [0.3, 0.4) is 0 Å². The highest BCUT2D eigenvalue weighted by Crippen LogP contribution is 2.43. The summed E-state index contributed by atoms with van der Waals surface area (Å²) in [4.78, 5) is 15.1. The molecule has 0 saturated heterocycles. The second kappa shape index (κ2) is 7.95. The molecular weight excluding hydrogens is 396 g/mol. The molecule has 4 rings (SSSR count). The van der Waals surface area contributed by atoms with Crippen LogP contribution in [0.25, 0.3) is 0 Å². The lowest BCUT2D eigenvalue weighted by molar-refractivity contribution is 0.0974.